The Balaban J connectivity index is 1.01. The number of anilines is 9. The third-order valence-corrected chi connectivity index (χ3v) is 16.0. The normalized spacial score (nSPS) is 13.4. The van der Waals surface area contributed by atoms with Gasteiger partial charge in [0.1, 0.15) is 33.5 Å². The molecule has 0 aliphatic carbocycles. The van der Waals surface area contributed by atoms with Crippen molar-refractivity contribution in [3.8, 4) is 0 Å². The van der Waals surface area contributed by atoms with Crippen molar-refractivity contribution in [1.29, 1.82) is 0 Å². The van der Waals surface area contributed by atoms with Crippen LogP contribution >= 0.6 is 0 Å². The predicted molar refractivity (Wildman–Crippen MR) is 314 cm³/mol. The van der Waals surface area contributed by atoms with E-state index in [0.29, 0.717) is 0 Å². The van der Waals surface area contributed by atoms with E-state index in [1.54, 1.807) is 0 Å². The van der Waals surface area contributed by atoms with Crippen molar-refractivity contribution in [2.24, 2.45) is 0 Å². The van der Waals surface area contributed by atoms with E-state index >= 15 is 0 Å². The minimum atomic E-state index is -0.112. The number of furan rings is 3. The van der Waals surface area contributed by atoms with E-state index < -0.39 is 0 Å². The monoisotopic (exact) mass is 969 g/mol. The third kappa shape index (κ3) is 6.60. The van der Waals surface area contributed by atoms with E-state index in [1.165, 1.54) is 27.5 Å². The van der Waals surface area contributed by atoms with Crippen molar-refractivity contribution in [3.63, 3.8) is 0 Å². The standard InChI is InChI=1S/C68H52BN3O3/c1-67(2,3)41-22-26-43(27-23-41)71-55-17-13-18-56-65(55)69(54-34-37-63-64(50-16-9-12-21-60(50)75-63)66(54)72(56)44-28-24-42(25-29-44)68(4,5)6)53-33-30-47(40-57(53)71)70(45-31-35-61-51(38-45)48-14-7-10-19-58(48)73-61)46-32-36-62-52(39-46)49-15-8-11-20-59(49)74-62/h7-40H,1-6H3. The van der Waals surface area contributed by atoms with Crippen molar-refractivity contribution in [1.82, 2.24) is 0 Å². The highest BCUT2D eigenvalue weighted by atomic mass is 16.3. The Morgan fingerprint density at radius 2 is 0.800 bits per heavy atom. The molecule has 0 N–H and O–H groups in total. The molecule has 3 aromatic heterocycles. The highest BCUT2D eigenvalue weighted by Gasteiger charge is 2.44. The molecule has 0 saturated carbocycles. The zero-order valence-electron chi connectivity index (χ0n) is 42.8. The van der Waals surface area contributed by atoms with E-state index in [2.05, 4.69) is 238 Å². The zero-order chi connectivity index (χ0) is 50.5. The predicted octanol–water partition coefficient (Wildman–Crippen LogP) is 17.5. The van der Waals surface area contributed by atoms with Crippen LogP contribution in [0.4, 0.5) is 51.2 Å². The van der Waals surface area contributed by atoms with Crippen LogP contribution in [0.5, 0.6) is 0 Å². The fourth-order valence-electron chi connectivity index (χ4n) is 12.3. The number of hydrogen-bond donors (Lipinski definition) is 0. The molecule has 0 saturated heterocycles. The summed E-state index contributed by atoms with van der Waals surface area (Å²) in [6, 6.07) is 75.3. The van der Waals surface area contributed by atoms with Crippen LogP contribution in [0.15, 0.2) is 220 Å². The summed E-state index contributed by atoms with van der Waals surface area (Å²) in [5.41, 5.74) is 21.3. The third-order valence-electron chi connectivity index (χ3n) is 16.0. The van der Waals surface area contributed by atoms with Gasteiger partial charge in [-0.15, -0.1) is 0 Å². The fraction of sp³-hybridized carbons (Fsp3) is 0.118. The SMILES string of the molecule is CC(C)(C)c1ccc(N2c3cc(N(c4ccc5oc6ccccc6c5c4)c4ccc5oc6ccccc6c5c4)ccc3B3c4ccc5oc6ccccc6c5c4N(c4ccc(C(C)(C)C)cc4)c4cccc2c43)cc1. The smallest absolute Gasteiger partial charge is 0.252 e. The van der Waals surface area contributed by atoms with Gasteiger partial charge in [-0.3, -0.25) is 0 Å². The average Bonchev–Trinajstić information content (AvgIpc) is 4.12. The van der Waals surface area contributed by atoms with Crippen LogP contribution in [0.1, 0.15) is 52.7 Å². The van der Waals surface area contributed by atoms with Crippen molar-refractivity contribution >= 4 is 140 Å². The van der Waals surface area contributed by atoms with E-state index in [4.69, 9.17) is 13.3 Å². The molecule has 7 heteroatoms. The zero-order valence-corrected chi connectivity index (χ0v) is 42.8. The molecule has 360 valence electrons. The summed E-state index contributed by atoms with van der Waals surface area (Å²) in [5.74, 6) is 0. The van der Waals surface area contributed by atoms with Gasteiger partial charge in [0, 0.05) is 72.4 Å². The first-order valence-electron chi connectivity index (χ1n) is 26.1. The van der Waals surface area contributed by atoms with Crippen molar-refractivity contribution in [3.05, 3.63) is 217 Å². The van der Waals surface area contributed by atoms with Crippen molar-refractivity contribution in [2.75, 3.05) is 14.7 Å². The molecular formula is C68H52BN3O3. The van der Waals surface area contributed by atoms with Gasteiger partial charge < -0.3 is 28.0 Å². The first kappa shape index (κ1) is 43.6. The molecule has 2 aliphatic heterocycles. The second-order valence-electron chi connectivity index (χ2n) is 22.5. The van der Waals surface area contributed by atoms with Crippen molar-refractivity contribution < 1.29 is 13.3 Å². The van der Waals surface area contributed by atoms with Crippen LogP contribution in [0.3, 0.4) is 0 Å². The molecule has 0 spiro atoms. The van der Waals surface area contributed by atoms with Gasteiger partial charge in [0.05, 0.1) is 11.1 Å². The number of nitrogens with zero attached hydrogens (tertiary/aromatic N) is 3. The molecule has 13 aromatic rings. The van der Waals surface area contributed by atoms with Crippen LogP contribution in [-0.2, 0) is 10.8 Å². The minimum Gasteiger partial charge on any atom is -0.456 e. The van der Waals surface area contributed by atoms with Gasteiger partial charge in [-0.25, -0.2) is 0 Å². The van der Waals surface area contributed by atoms with Gasteiger partial charge in [0.25, 0.3) is 6.71 Å². The Bertz CT molecular complexity index is 4360. The highest BCUT2D eigenvalue weighted by molar-refractivity contribution is 7.00. The van der Waals surface area contributed by atoms with Gasteiger partial charge >= 0.3 is 0 Å². The minimum absolute atomic E-state index is 0.00527. The maximum Gasteiger partial charge on any atom is 0.252 e. The van der Waals surface area contributed by atoms with E-state index in [-0.39, 0.29) is 17.5 Å². The largest absolute Gasteiger partial charge is 0.456 e. The van der Waals surface area contributed by atoms with Crippen LogP contribution < -0.4 is 31.1 Å². The van der Waals surface area contributed by atoms with E-state index in [9.17, 15) is 0 Å². The summed E-state index contributed by atoms with van der Waals surface area (Å²) >= 11 is 0. The molecular weight excluding hydrogens is 918 g/mol. The van der Waals surface area contributed by atoms with Crippen molar-refractivity contribution in [2.45, 2.75) is 52.4 Å². The van der Waals surface area contributed by atoms with Crippen LogP contribution in [0.25, 0.3) is 65.8 Å². The summed E-state index contributed by atoms with van der Waals surface area (Å²) in [6.07, 6.45) is 0. The molecule has 0 bridgehead atoms. The molecule has 2 aliphatic rings. The molecule has 0 fully saturated rings. The lowest BCUT2D eigenvalue weighted by atomic mass is 9.33. The van der Waals surface area contributed by atoms with Gasteiger partial charge in [-0.2, -0.15) is 0 Å². The second kappa shape index (κ2) is 15.8. The molecule has 0 amide bonds. The van der Waals surface area contributed by atoms with Gasteiger partial charge in [-0.05, 0) is 148 Å². The Morgan fingerprint density at radius 1 is 0.360 bits per heavy atom. The van der Waals surface area contributed by atoms with Gasteiger partial charge in [0.15, 0.2) is 0 Å². The molecule has 0 unspecified atom stereocenters. The quantitative estimate of drug-likeness (QED) is 0.160. The van der Waals surface area contributed by atoms with E-state index in [1.807, 2.05) is 24.3 Å². The number of hydrogen-bond acceptors (Lipinski definition) is 6. The molecule has 0 radical (unpaired) electrons. The summed E-state index contributed by atoms with van der Waals surface area (Å²) in [5, 5.41) is 6.53. The van der Waals surface area contributed by atoms with Crippen LogP contribution in [-0.4, -0.2) is 6.71 Å². The number of rotatable bonds is 5. The van der Waals surface area contributed by atoms with Gasteiger partial charge in [-0.1, -0.05) is 139 Å². The summed E-state index contributed by atoms with van der Waals surface area (Å²) in [4.78, 5) is 7.42. The van der Waals surface area contributed by atoms with Crippen LogP contribution in [0.2, 0.25) is 0 Å². The maximum atomic E-state index is 6.70. The highest BCUT2D eigenvalue weighted by Crippen LogP contribution is 2.50. The molecule has 5 heterocycles. The summed E-state index contributed by atoms with van der Waals surface area (Å²) in [6.45, 7) is 13.6. The second-order valence-corrected chi connectivity index (χ2v) is 22.5. The molecule has 6 nitrogen and oxygen atoms in total. The Kier molecular flexibility index (Phi) is 9.18. The molecule has 15 rings (SSSR count). The fourth-order valence-corrected chi connectivity index (χ4v) is 12.3. The Morgan fingerprint density at radius 3 is 1.37 bits per heavy atom. The van der Waals surface area contributed by atoms with E-state index in [0.717, 1.165) is 117 Å². The lowest BCUT2D eigenvalue weighted by Gasteiger charge is -2.44. The molecule has 75 heavy (non-hydrogen) atoms. The lowest BCUT2D eigenvalue weighted by Crippen LogP contribution is -2.61. The Labute approximate surface area is 435 Å². The summed E-state index contributed by atoms with van der Waals surface area (Å²) < 4.78 is 19.5. The number of benzene rings is 10. The first-order valence-corrected chi connectivity index (χ1v) is 26.1. The topological polar surface area (TPSA) is 49.1 Å². The molecule has 10 aromatic carbocycles. The average molecular weight is 970 g/mol. The lowest BCUT2D eigenvalue weighted by molar-refractivity contribution is 0.590. The maximum absolute atomic E-state index is 6.70. The molecule has 0 atom stereocenters. The Hall–Kier alpha value is -8.94. The summed E-state index contributed by atoms with van der Waals surface area (Å²) in [7, 11) is 0. The number of para-hydroxylation sites is 3. The first-order chi connectivity index (χ1) is 36.4. The number of fused-ring (bicyclic) bond motifs is 14. The van der Waals surface area contributed by atoms with Crippen LogP contribution in [0, 0.1) is 0 Å². The van der Waals surface area contributed by atoms with Gasteiger partial charge in [0.2, 0.25) is 0 Å².